The Morgan fingerprint density at radius 1 is 1.04 bits per heavy atom. The van der Waals surface area contributed by atoms with Gasteiger partial charge in [0, 0.05) is 22.2 Å². The fraction of sp³-hybridized carbons (Fsp3) is 0.167. The second kappa shape index (κ2) is 6.13. The Labute approximate surface area is 141 Å². The summed E-state index contributed by atoms with van der Waals surface area (Å²) in [6.45, 7) is 5.75. The highest BCUT2D eigenvalue weighted by molar-refractivity contribution is 7.89. The first-order valence-corrected chi connectivity index (χ1v) is 9.06. The standard InChI is InChI=1S/C18H19N3O2S/c1-12-8-9-15(10-13(12)2)24(22,23)21-19-11-17-14(3)20-18-7-5-4-6-16(17)18/h4-11,20-21H,1-3H3/b19-11-. The summed E-state index contributed by atoms with van der Waals surface area (Å²) in [6.07, 6.45) is 1.53. The van der Waals surface area contributed by atoms with Crippen molar-refractivity contribution in [2.75, 3.05) is 0 Å². The van der Waals surface area contributed by atoms with Gasteiger partial charge in [0.25, 0.3) is 10.0 Å². The van der Waals surface area contributed by atoms with Gasteiger partial charge in [-0.05, 0) is 50.1 Å². The number of para-hydroxylation sites is 1. The van der Waals surface area contributed by atoms with Gasteiger partial charge in [-0.1, -0.05) is 24.3 Å². The second-order valence-corrected chi connectivity index (χ2v) is 7.47. The molecule has 2 aromatic carbocycles. The van der Waals surface area contributed by atoms with Crippen molar-refractivity contribution in [3.8, 4) is 0 Å². The zero-order chi connectivity index (χ0) is 17.3. The third-order valence-corrected chi connectivity index (χ3v) is 5.32. The lowest BCUT2D eigenvalue weighted by Gasteiger charge is -2.06. The summed E-state index contributed by atoms with van der Waals surface area (Å²) < 4.78 is 24.7. The average Bonchev–Trinajstić information content (AvgIpc) is 2.86. The zero-order valence-corrected chi connectivity index (χ0v) is 14.6. The number of hydrazone groups is 1. The molecule has 124 valence electrons. The van der Waals surface area contributed by atoms with Gasteiger partial charge in [-0.25, -0.2) is 4.83 Å². The molecule has 2 N–H and O–H groups in total. The molecule has 0 unspecified atom stereocenters. The number of H-pyrrole nitrogens is 1. The number of hydrogen-bond donors (Lipinski definition) is 2. The van der Waals surface area contributed by atoms with E-state index in [1.54, 1.807) is 18.2 Å². The second-order valence-electron chi connectivity index (χ2n) is 5.81. The Kier molecular flexibility index (Phi) is 4.15. The van der Waals surface area contributed by atoms with Gasteiger partial charge in [-0.2, -0.15) is 13.5 Å². The molecule has 1 heterocycles. The monoisotopic (exact) mass is 341 g/mol. The van der Waals surface area contributed by atoms with Crippen LogP contribution >= 0.6 is 0 Å². The molecular formula is C18H19N3O2S. The van der Waals surface area contributed by atoms with Gasteiger partial charge in [-0.3, -0.25) is 0 Å². The maximum Gasteiger partial charge on any atom is 0.276 e. The Bertz CT molecular complexity index is 1030. The lowest BCUT2D eigenvalue weighted by atomic mass is 10.1. The van der Waals surface area contributed by atoms with E-state index in [4.69, 9.17) is 0 Å². The highest BCUT2D eigenvalue weighted by atomic mass is 32.2. The van der Waals surface area contributed by atoms with Gasteiger partial charge in [0.2, 0.25) is 0 Å². The van der Waals surface area contributed by atoms with Crippen molar-refractivity contribution in [3.63, 3.8) is 0 Å². The topological polar surface area (TPSA) is 74.3 Å². The van der Waals surface area contributed by atoms with E-state index in [1.165, 1.54) is 6.21 Å². The van der Waals surface area contributed by atoms with Crippen LogP contribution in [-0.2, 0) is 10.0 Å². The first-order valence-electron chi connectivity index (χ1n) is 7.58. The van der Waals surface area contributed by atoms with Crippen LogP contribution in [0.4, 0.5) is 0 Å². The van der Waals surface area contributed by atoms with Crippen LogP contribution in [0.5, 0.6) is 0 Å². The number of nitrogens with zero attached hydrogens (tertiary/aromatic N) is 1. The predicted molar refractivity (Wildman–Crippen MR) is 96.9 cm³/mol. The van der Waals surface area contributed by atoms with Crippen LogP contribution < -0.4 is 4.83 Å². The molecule has 24 heavy (non-hydrogen) atoms. The maximum absolute atomic E-state index is 12.3. The molecule has 1 aromatic heterocycles. The van der Waals surface area contributed by atoms with Gasteiger partial charge >= 0.3 is 0 Å². The zero-order valence-electron chi connectivity index (χ0n) is 13.8. The number of aryl methyl sites for hydroxylation is 3. The number of nitrogens with one attached hydrogen (secondary N) is 2. The van der Waals surface area contributed by atoms with Gasteiger partial charge in [-0.15, -0.1) is 0 Å². The smallest absolute Gasteiger partial charge is 0.276 e. The molecular weight excluding hydrogens is 322 g/mol. The molecule has 5 nitrogen and oxygen atoms in total. The lowest BCUT2D eigenvalue weighted by Crippen LogP contribution is -2.18. The minimum absolute atomic E-state index is 0.207. The van der Waals surface area contributed by atoms with E-state index in [2.05, 4.69) is 14.9 Å². The third-order valence-electron chi connectivity index (χ3n) is 4.10. The highest BCUT2D eigenvalue weighted by Gasteiger charge is 2.13. The van der Waals surface area contributed by atoms with Crippen molar-refractivity contribution in [3.05, 3.63) is 64.8 Å². The van der Waals surface area contributed by atoms with Crippen LogP contribution in [0, 0.1) is 20.8 Å². The number of aromatic amines is 1. The fourth-order valence-corrected chi connectivity index (χ4v) is 3.43. The minimum Gasteiger partial charge on any atom is -0.358 e. The quantitative estimate of drug-likeness (QED) is 0.564. The molecule has 0 bridgehead atoms. The van der Waals surface area contributed by atoms with E-state index in [0.717, 1.165) is 33.3 Å². The van der Waals surface area contributed by atoms with Crippen LogP contribution in [0.3, 0.4) is 0 Å². The Hall–Kier alpha value is -2.60. The SMILES string of the molecule is Cc1ccc(S(=O)(=O)N/N=C\c2c(C)[nH]c3ccccc23)cc1C. The van der Waals surface area contributed by atoms with Crippen molar-refractivity contribution in [2.45, 2.75) is 25.7 Å². The van der Waals surface area contributed by atoms with Crippen molar-refractivity contribution in [2.24, 2.45) is 5.10 Å². The molecule has 0 aliphatic carbocycles. The summed E-state index contributed by atoms with van der Waals surface area (Å²) in [4.78, 5) is 5.74. The predicted octanol–water partition coefficient (Wildman–Crippen LogP) is 3.41. The molecule has 0 saturated carbocycles. The van der Waals surface area contributed by atoms with Gasteiger partial charge < -0.3 is 4.98 Å². The molecule has 3 aromatic rings. The normalized spacial score (nSPS) is 12.1. The average molecular weight is 341 g/mol. The maximum atomic E-state index is 12.3. The highest BCUT2D eigenvalue weighted by Crippen LogP contribution is 2.20. The summed E-state index contributed by atoms with van der Waals surface area (Å²) >= 11 is 0. The van der Waals surface area contributed by atoms with E-state index >= 15 is 0 Å². The van der Waals surface area contributed by atoms with E-state index < -0.39 is 10.0 Å². The van der Waals surface area contributed by atoms with E-state index in [-0.39, 0.29) is 4.90 Å². The Morgan fingerprint density at radius 3 is 2.54 bits per heavy atom. The molecule has 0 spiro atoms. The van der Waals surface area contributed by atoms with Crippen molar-refractivity contribution in [1.82, 2.24) is 9.82 Å². The van der Waals surface area contributed by atoms with Crippen LogP contribution in [-0.4, -0.2) is 19.6 Å². The number of sulfonamides is 1. The van der Waals surface area contributed by atoms with Crippen molar-refractivity contribution < 1.29 is 8.42 Å². The number of aromatic nitrogens is 1. The molecule has 0 aliphatic heterocycles. The first kappa shape index (κ1) is 16.3. The van der Waals surface area contributed by atoms with Crippen LogP contribution in [0.15, 0.2) is 52.5 Å². The summed E-state index contributed by atoms with van der Waals surface area (Å²) in [5.41, 5.74) is 4.77. The largest absolute Gasteiger partial charge is 0.358 e. The molecule has 0 atom stereocenters. The molecule has 0 radical (unpaired) electrons. The van der Waals surface area contributed by atoms with Crippen LogP contribution in [0.1, 0.15) is 22.4 Å². The number of hydrogen-bond acceptors (Lipinski definition) is 3. The van der Waals surface area contributed by atoms with Crippen molar-refractivity contribution in [1.29, 1.82) is 0 Å². The summed E-state index contributed by atoms with van der Waals surface area (Å²) in [5.74, 6) is 0. The number of benzene rings is 2. The van der Waals surface area contributed by atoms with Crippen molar-refractivity contribution >= 4 is 27.1 Å². The molecule has 0 aliphatic rings. The lowest BCUT2D eigenvalue weighted by molar-refractivity contribution is 0.584. The molecule has 6 heteroatoms. The van der Waals surface area contributed by atoms with Gasteiger partial charge in [0.15, 0.2) is 0 Å². The Balaban J connectivity index is 1.87. The van der Waals surface area contributed by atoms with E-state index in [9.17, 15) is 8.42 Å². The fourth-order valence-electron chi connectivity index (χ4n) is 2.56. The van der Waals surface area contributed by atoms with E-state index in [1.807, 2.05) is 45.0 Å². The molecule has 3 rings (SSSR count). The minimum atomic E-state index is -3.68. The summed E-state index contributed by atoms with van der Waals surface area (Å²) in [7, 11) is -3.68. The van der Waals surface area contributed by atoms with Gasteiger partial charge in [0.05, 0.1) is 11.1 Å². The molecule has 0 fully saturated rings. The van der Waals surface area contributed by atoms with Gasteiger partial charge in [0.1, 0.15) is 0 Å². The first-order chi connectivity index (χ1) is 11.4. The van der Waals surface area contributed by atoms with E-state index in [0.29, 0.717) is 0 Å². The summed E-state index contributed by atoms with van der Waals surface area (Å²) in [6, 6.07) is 12.8. The van der Waals surface area contributed by atoms with Crippen LogP contribution in [0.25, 0.3) is 10.9 Å². The summed E-state index contributed by atoms with van der Waals surface area (Å²) in [5, 5.41) is 4.95. The number of fused-ring (bicyclic) bond motifs is 1. The number of rotatable bonds is 4. The molecule has 0 amide bonds. The molecule has 0 saturated heterocycles. The van der Waals surface area contributed by atoms with Crippen LogP contribution in [0.2, 0.25) is 0 Å². The third kappa shape index (κ3) is 3.05. The Morgan fingerprint density at radius 2 is 1.79 bits per heavy atom.